The van der Waals surface area contributed by atoms with Crippen LogP contribution in [0.2, 0.25) is 10.0 Å². The molecule has 0 bridgehead atoms. The second-order valence-electron chi connectivity index (χ2n) is 10.4. The Labute approximate surface area is 301 Å². The number of benzene rings is 3. The lowest BCUT2D eigenvalue weighted by Crippen LogP contribution is -2.40. The highest BCUT2D eigenvalue weighted by Crippen LogP contribution is 2.33. The van der Waals surface area contributed by atoms with Gasteiger partial charge in [-0.05, 0) is 126 Å². The lowest BCUT2D eigenvalue weighted by Gasteiger charge is -2.25. The molecule has 7 nitrogen and oxygen atoms in total. The van der Waals surface area contributed by atoms with E-state index in [0.29, 0.717) is 43.0 Å². The topological polar surface area (TPSA) is 79.1 Å². The van der Waals surface area contributed by atoms with Gasteiger partial charge in [-0.1, -0.05) is 52.7 Å². The highest BCUT2D eigenvalue weighted by molar-refractivity contribution is 14.1. The summed E-state index contributed by atoms with van der Waals surface area (Å²) in [6, 6.07) is 15.9. The summed E-state index contributed by atoms with van der Waals surface area (Å²) in [5.74, 6) is 0.924. The Bertz CT molecular complexity index is 1960. The van der Waals surface area contributed by atoms with Crippen LogP contribution >= 0.6 is 79.7 Å². The number of hydrogen-bond donors (Lipinski definition) is 0. The van der Waals surface area contributed by atoms with E-state index in [1.807, 2.05) is 55.5 Å². The van der Waals surface area contributed by atoms with Crippen molar-refractivity contribution in [3.8, 4) is 11.5 Å². The molecule has 0 fully saturated rings. The van der Waals surface area contributed by atoms with Crippen molar-refractivity contribution in [1.29, 1.82) is 0 Å². The van der Waals surface area contributed by atoms with Crippen molar-refractivity contribution in [3.05, 3.63) is 119 Å². The number of aromatic nitrogens is 1. The van der Waals surface area contributed by atoms with E-state index in [0.717, 1.165) is 29.6 Å². The van der Waals surface area contributed by atoms with Gasteiger partial charge in [0, 0.05) is 15.6 Å². The number of fused-ring (bicyclic) bond motifs is 1. The van der Waals surface area contributed by atoms with Crippen molar-refractivity contribution < 1.29 is 19.0 Å². The number of rotatable bonds is 9. The Morgan fingerprint density at radius 2 is 1.76 bits per heavy atom. The Morgan fingerprint density at radius 1 is 1.07 bits per heavy atom. The Balaban J connectivity index is 1.54. The average Bonchev–Trinajstić information content (AvgIpc) is 3.26. The Morgan fingerprint density at radius 3 is 2.38 bits per heavy atom. The summed E-state index contributed by atoms with van der Waals surface area (Å²) in [5, 5.41) is 1.11. The quantitative estimate of drug-likeness (QED) is 0.127. The van der Waals surface area contributed by atoms with Crippen LogP contribution in [-0.4, -0.2) is 23.2 Å². The highest BCUT2D eigenvalue weighted by atomic mass is 127. The van der Waals surface area contributed by atoms with Crippen molar-refractivity contribution >= 4 is 91.8 Å². The summed E-state index contributed by atoms with van der Waals surface area (Å²) < 4.78 is 21.2. The van der Waals surface area contributed by atoms with Gasteiger partial charge in [0.15, 0.2) is 4.80 Å². The zero-order valence-electron chi connectivity index (χ0n) is 24.7. The molecule has 1 aliphatic rings. The monoisotopic (exact) mass is 888 g/mol. The van der Waals surface area contributed by atoms with E-state index in [9.17, 15) is 9.59 Å². The molecule has 0 amide bonds. The minimum Gasteiger partial charge on any atom is -0.494 e. The highest BCUT2D eigenvalue weighted by Gasteiger charge is 2.33. The van der Waals surface area contributed by atoms with Crippen molar-refractivity contribution in [1.82, 2.24) is 4.57 Å². The molecule has 2 heterocycles. The number of esters is 1. The number of hydrogen-bond acceptors (Lipinski definition) is 7. The molecule has 12 heteroatoms. The van der Waals surface area contributed by atoms with Crippen LogP contribution in [0.25, 0.3) is 6.08 Å². The molecule has 0 saturated carbocycles. The third kappa shape index (κ3) is 7.61. The van der Waals surface area contributed by atoms with Gasteiger partial charge in [-0.3, -0.25) is 9.36 Å². The molecule has 0 N–H and O–H groups in total. The predicted octanol–water partition coefficient (Wildman–Crippen LogP) is 7.68. The molecule has 4 aromatic rings. The van der Waals surface area contributed by atoms with Gasteiger partial charge >= 0.3 is 5.97 Å². The fourth-order valence-electron chi connectivity index (χ4n) is 4.83. The summed E-state index contributed by atoms with van der Waals surface area (Å²) in [5.41, 5.74) is 3.01. The van der Waals surface area contributed by atoms with Gasteiger partial charge in [0.05, 0.1) is 41.7 Å². The minimum absolute atomic E-state index is 0.247. The summed E-state index contributed by atoms with van der Waals surface area (Å²) in [6.07, 6.45) is 1.51. The number of ether oxygens (including phenoxy) is 3. The molecule has 0 saturated heterocycles. The number of allylic oxidation sites excluding steroid dienone is 1. The molecule has 234 valence electrons. The van der Waals surface area contributed by atoms with Gasteiger partial charge in [0.25, 0.3) is 5.56 Å². The van der Waals surface area contributed by atoms with E-state index in [-0.39, 0.29) is 18.3 Å². The van der Waals surface area contributed by atoms with E-state index in [2.05, 4.69) is 50.2 Å². The van der Waals surface area contributed by atoms with Crippen molar-refractivity contribution in [2.24, 2.45) is 4.99 Å². The number of nitrogens with zero attached hydrogens (tertiary/aromatic N) is 2. The van der Waals surface area contributed by atoms with Crippen LogP contribution in [0.15, 0.2) is 75.7 Å². The second kappa shape index (κ2) is 14.6. The number of carbonyl (C=O) groups excluding carboxylic acids is 1. The maximum Gasteiger partial charge on any atom is 0.338 e. The van der Waals surface area contributed by atoms with Gasteiger partial charge < -0.3 is 14.2 Å². The SMILES string of the molecule is CCOc1ccc([C@H]2C(C(=O)OC(C)C)=C(C)N=c3s/c(=C/c4cc(I)c(OCc5ccc(Cl)cc5Cl)c(I)c4)c(=O)n32)cc1. The average molecular weight is 889 g/mol. The van der Waals surface area contributed by atoms with E-state index in [1.165, 1.54) is 11.3 Å². The molecule has 1 aliphatic heterocycles. The lowest BCUT2D eigenvalue weighted by molar-refractivity contribution is -0.143. The van der Waals surface area contributed by atoms with E-state index in [1.54, 1.807) is 37.5 Å². The van der Waals surface area contributed by atoms with Gasteiger partial charge in [-0.25, -0.2) is 9.79 Å². The summed E-state index contributed by atoms with van der Waals surface area (Å²) in [7, 11) is 0. The molecular weight excluding hydrogens is 861 g/mol. The van der Waals surface area contributed by atoms with Crippen LogP contribution in [0.5, 0.6) is 11.5 Å². The van der Waals surface area contributed by atoms with Crippen LogP contribution in [0, 0.1) is 7.14 Å². The van der Waals surface area contributed by atoms with E-state index in [4.69, 9.17) is 37.4 Å². The molecular formula is C33H28Cl2I2N2O5S. The van der Waals surface area contributed by atoms with Crippen LogP contribution in [-0.2, 0) is 16.1 Å². The molecule has 1 atom stereocenters. The zero-order chi connectivity index (χ0) is 32.4. The fourth-order valence-corrected chi connectivity index (χ4v) is 8.47. The molecule has 0 radical (unpaired) electrons. The zero-order valence-corrected chi connectivity index (χ0v) is 31.3. The molecule has 45 heavy (non-hydrogen) atoms. The standard InChI is InChI=1S/C33H28Cl2I2N2O5S/c1-5-42-23-10-7-20(8-11-23)29-28(32(41)44-17(2)3)18(4)38-33-39(29)31(40)27(45-33)14-19-12-25(36)30(26(37)13-19)43-16-21-6-9-22(34)15-24(21)35/h6-15,17,29H,5,16H2,1-4H3/b27-14+/t29-/m0/s1. The van der Waals surface area contributed by atoms with E-state index < -0.39 is 12.0 Å². The third-order valence-electron chi connectivity index (χ3n) is 6.80. The molecule has 5 rings (SSSR count). The van der Waals surface area contributed by atoms with Crippen LogP contribution < -0.4 is 24.4 Å². The van der Waals surface area contributed by atoms with Crippen molar-refractivity contribution in [2.75, 3.05) is 6.61 Å². The lowest BCUT2D eigenvalue weighted by atomic mass is 9.96. The first-order valence-electron chi connectivity index (χ1n) is 14.0. The van der Waals surface area contributed by atoms with Gasteiger partial charge in [0.2, 0.25) is 0 Å². The van der Waals surface area contributed by atoms with Gasteiger partial charge in [0.1, 0.15) is 18.1 Å². The van der Waals surface area contributed by atoms with E-state index >= 15 is 0 Å². The summed E-state index contributed by atoms with van der Waals surface area (Å²) in [4.78, 5) is 32.6. The normalized spacial score (nSPS) is 14.8. The summed E-state index contributed by atoms with van der Waals surface area (Å²) >= 11 is 18.1. The van der Waals surface area contributed by atoms with Crippen molar-refractivity contribution in [3.63, 3.8) is 0 Å². The third-order valence-corrected chi connectivity index (χ3v) is 9.97. The predicted molar refractivity (Wildman–Crippen MR) is 195 cm³/mol. The van der Waals surface area contributed by atoms with Crippen molar-refractivity contribution in [2.45, 2.75) is 46.4 Å². The first kappa shape index (κ1) is 34.0. The van der Waals surface area contributed by atoms with Crippen LogP contribution in [0.1, 0.15) is 50.4 Å². The fraction of sp³-hybridized carbons (Fsp3) is 0.242. The van der Waals surface area contributed by atoms with Crippen LogP contribution in [0.3, 0.4) is 0 Å². The Kier molecular flexibility index (Phi) is 11.0. The maximum atomic E-state index is 14.1. The minimum atomic E-state index is -0.707. The molecule has 0 unspecified atom stereocenters. The number of thiazole rings is 1. The first-order chi connectivity index (χ1) is 21.5. The molecule has 3 aromatic carbocycles. The number of carbonyl (C=O) groups is 1. The maximum absolute atomic E-state index is 14.1. The largest absolute Gasteiger partial charge is 0.494 e. The molecule has 0 spiro atoms. The Hall–Kier alpha value is -2.39. The molecule has 0 aliphatic carbocycles. The van der Waals surface area contributed by atoms with Gasteiger partial charge in [-0.15, -0.1) is 0 Å². The number of halogens is 4. The smallest absolute Gasteiger partial charge is 0.338 e. The molecule has 1 aromatic heterocycles. The second-order valence-corrected chi connectivity index (χ2v) is 14.6. The van der Waals surface area contributed by atoms with Gasteiger partial charge in [-0.2, -0.15) is 0 Å². The first-order valence-corrected chi connectivity index (χ1v) is 17.7. The van der Waals surface area contributed by atoms with Crippen LogP contribution in [0.4, 0.5) is 0 Å². The summed E-state index contributed by atoms with van der Waals surface area (Å²) in [6.45, 7) is 8.09.